The molecule has 0 aliphatic rings. The van der Waals surface area contributed by atoms with Gasteiger partial charge in [-0.2, -0.15) is 0 Å². The third-order valence-electron chi connectivity index (χ3n) is 2.58. The number of nitrogen functional groups attached to an aromatic ring is 1. The highest BCUT2D eigenvalue weighted by atomic mass is 35.5. The van der Waals surface area contributed by atoms with Gasteiger partial charge in [0.05, 0.1) is 5.56 Å². The number of rotatable bonds is 4. The van der Waals surface area contributed by atoms with Crippen molar-refractivity contribution in [3.63, 3.8) is 0 Å². The lowest BCUT2D eigenvalue weighted by Gasteiger charge is -2.07. The summed E-state index contributed by atoms with van der Waals surface area (Å²) in [5.41, 5.74) is 13.1. The van der Waals surface area contributed by atoms with Crippen LogP contribution in [0.2, 0.25) is 5.02 Å². The normalized spacial score (nSPS) is 10.4. The Labute approximate surface area is 120 Å². The van der Waals surface area contributed by atoms with Gasteiger partial charge in [0, 0.05) is 21.4 Å². The Morgan fingerprint density at radius 1 is 1.16 bits per heavy atom. The van der Waals surface area contributed by atoms with Gasteiger partial charge in [0.1, 0.15) is 0 Å². The Balaban J connectivity index is 2.15. The summed E-state index contributed by atoms with van der Waals surface area (Å²) >= 11 is 7.37. The summed E-state index contributed by atoms with van der Waals surface area (Å²) in [6.07, 6.45) is 0. The first-order chi connectivity index (χ1) is 9.06. The number of benzene rings is 2. The number of thioether (sulfide) groups is 1. The molecule has 2 aromatic rings. The molecule has 0 radical (unpaired) electrons. The zero-order chi connectivity index (χ0) is 13.8. The summed E-state index contributed by atoms with van der Waals surface area (Å²) in [6.45, 7) is 0. The second-order valence-electron chi connectivity index (χ2n) is 4.03. The SMILES string of the molecule is NC(=O)c1cc(N)ccc1SCc1ccc(Cl)cc1. The summed E-state index contributed by atoms with van der Waals surface area (Å²) in [6, 6.07) is 12.8. The van der Waals surface area contributed by atoms with Crippen LogP contribution in [0, 0.1) is 0 Å². The van der Waals surface area contributed by atoms with Crippen LogP contribution in [0.25, 0.3) is 0 Å². The maximum absolute atomic E-state index is 11.4. The van der Waals surface area contributed by atoms with E-state index < -0.39 is 5.91 Å². The molecule has 98 valence electrons. The molecule has 0 aliphatic carbocycles. The van der Waals surface area contributed by atoms with Gasteiger partial charge in [-0.05, 0) is 35.9 Å². The Morgan fingerprint density at radius 3 is 2.47 bits per heavy atom. The molecule has 2 rings (SSSR count). The molecule has 0 spiro atoms. The first kappa shape index (κ1) is 13.8. The highest BCUT2D eigenvalue weighted by Crippen LogP contribution is 2.28. The Kier molecular flexibility index (Phi) is 4.35. The van der Waals surface area contributed by atoms with Crippen molar-refractivity contribution in [2.75, 3.05) is 5.73 Å². The zero-order valence-corrected chi connectivity index (χ0v) is 11.7. The molecular formula is C14H13ClN2OS. The monoisotopic (exact) mass is 292 g/mol. The van der Waals surface area contributed by atoms with Crippen molar-refractivity contribution < 1.29 is 4.79 Å². The third kappa shape index (κ3) is 3.66. The van der Waals surface area contributed by atoms with Crippen LogP contribution in [0.3, 0.4) is 0 Å². The standard InChI is InChI=1S/C14H13ClN2OS/c15-10-3-1-9(2-4-10)8-19-13-6-5-11(16)7-12(13)14(17)18/h1-7H,8,16H2,(H2,17,18). The molecule has 0 aliphatic heterocycles. The number of primary amides is 1. The lowest BCUT2D eigenvalue weighted by atomic mass is 10.2. The highest BCUT2D eigenvalue weighted by Gasteiger charge is 2.09. The molecule has 0 saturated carbocycles. The number of anilines is 1. The van der Waals surface area contributed by atoms with E-state index in [1.807, 2.05) is 30.3 Å². The second-order valence-corrected chi connectivity index (χ2v) is 5.49. The Hall–Kier alpha value is -1.65. The number of carbonyl (C=O) groups excluding carboxylic acids is 1. The number of amides is 1. The Morgan fingerprint density at radius 2 is 1.84 bits per heavy atom. The van der Waals surface area contributed by atoms with Crippen molar-refractivity contribution in [2.24, 2.45) is 5.73 Å². The van der Waals surface area contributed by atoms with Crippen LogP contribution in [0.15, 0.2) is 47.4 Å². The molecule has 3 nitrogen and oxygen atoms in total. The largest absolute Gasteiger partial charge is 0.399 e. The van der Waals surface area contributed by atoms with Crippen LogP contribution in [0.5, 0.6) is 0 Å². The average Bonchev–Trinajstić information content (AvgIpc) is 2.39. The summed E-state index contributed by atoms with van der Waals surface area (Å²) < 4.78 is 0. The predicted molar refractivity (Wildman–Crippen MR) is 80.4 cm³/mol. The van der Waals surface area contributed by atoms with Crippen molar-refractivity contribution in [3.8, 4) is 0 Å². The lowest BCUT2D eigenvalue weighted by molar-refractivity contribution is 0.0997. The van der Waals surface area contributed by atoms with Crippen LogP contribution in [0.4, 0.5) is 5.69 Å². The number of hydrogen-bond donors (Lipinski definition) is 2. The maximum Gasteiger partial charge on any atom is 0.249 e. The van der Waals surface area contributed by atoms with Crippen molar-refractivity contribution in [2.45, 2.75) is 10.6 Å². The van der Waals surface area contributed by atoms with Crippen LogP contribution in [-0.2, 0) is 5.75 Å². The van der Waals surface area contributed by atoms with Gasteiger partial charge in [0.2, 0.25) is 5.91 Å². The van der Waals surface area contributed by atoms with E-state index in [2.05, 4.69) is 0 Å². The van der Waals surface area contributed by atoms with Crippen LogP contribution >= 0.6 is 23.4 Å². The van der Waals surface area contributed by atoms with E-state index in [1.54, 1.807) is 23.9 Å². The first-order valence-electron chi connectivity index (χ1n) is 5.63. The highest BCUT2D eigenvalue weighted by molar-refractivity contribution is 7.98. The summed E-state index contributed by atoms with van der Waals surface area (Å²) in [5, 5.41) is 0.707. The van der Waals surface area contributed by atoms with E-state index in [0.717, 1.165) is 16.2 Å². The van der Waals surface area contributed by atoms with Gasteiger partial charge < -0.3 is 11.5 Å². The molecule has 0 heterocycles. The molecule has 0 fully saturated rings. The molecule has 5 heteroatoms. The fraction of sp³-hybridized carbons (Fsp3) is 0.0714. The van der Waals surface area contributed by atoms with Gasteiger partial charge in [0.25, 0.3) is 0 Å². The minimum absolute atomic E-state index is 0.457. The zero-order valence-electron chi connectivity index (χ0n) is 10.1. The topological polar surface area (TPSA) is 69.1 Å². The quantitative estimate of drug-likeness (QED) is 0.671. The average molecular weight is 293 g/mol. The van der Waals surface area contributed by atoms with Crippen molar-refractivity contribution in [1.29, 1.82) is 0 Å². The van der Waals surface area contributed by atoms with Gasteiger partial charge in [-0.3, -0.25) is 4.79 Å². The molecule has 1 amide bonds. The van der Waals surface area contributed by atoms with Crippen LogP contribution < -0.4 is 11.5 Å². The predicted octanol–water partition coefficient (Wildman–Crippen LogP) is 3.31. The fourth-order valence-corrected chi connectivity index (χ4v) is 2.73. The van der Waals surface area contributed by atoms with Gasteiger partial charge in [-0.25, -0.2) is 0 Å². The van der Waals surface area contributed by atoms with Crippen LogP contribution in [0.1, 0.15) is 15.9 Å². The van der Waals surface area contributed by atoms with Gasteiger partial charge in [0.15, 0.2) is 0 Å². The number of nitrogens with two attached hydrogens (primary N) is 2. The molecule has 0 atom stereocenters. The summed E-state index contributed by atoms with van der Waals surface area (Å²) in [7, 11) is 0. The molecule has 0 unspecified atom stereocenters. The van der Waals surface area contributed by atoms with Crippen molar-refractivity contribution >= 4 is 35.0 Å². The molecule has 0 aromatic heterocycles. The minimum atomic E-state index is -0.467. The van der Waals surface area contributed by atoms with Gasteiger partial charge in [-0.15, -0.1) is 11.8 Å². The molecule has 19 heavy (non-hydrogen) atoms. The smallest absolute Gasteiger partial charge is 0.249 e. The van der Waals surface area contributed by atoms with Crippen molar-refractivity contribution in [3.05, 3.63) is 58.6 Å². The van der Waals surface area contributed by atoms with Gasteiger partial charge >= 0.3 is 0 Å². The summed E-state index contributed by atoms with van der Waals surface area (Å²) in [5.74, 6) is 0.271. The van der Waals surface area contributed by atoms with E-state index in [4.69, 9.17) is 23.1 Å². The van der Waals surface area contributed by atoms with Gasteiger partial charge in [-0.1, -0.05) is 23.7 Å². The Bertz CT molecular complexity index is 599. The minimum Gasteiger partial charge on any atom is -0.399 e. The van der Waals surface area contributed by atoms with Crippen LogP contribution in [-0.4, -0.2) is 5.91 Å². The van der Waals surface area contributed by atoms with E-state index in [0.29, 0.717) is 16.3 Å². The summed E-state index contributed by atoms with van der Waals surface area (Å²) in [4.78, 5) is 12.2. The van der Waals surface area contributed by atoms with Crippen molar-refractivity contribution in [1.82, 2.24) is 0 Å². The van der Waals surface area contributed by atoms with E-state index in [9.17, 15) is 4.79 Å². The number of carbonyl (C=O) groups is 1. The molecule has 4 N–H and O–H groups in total. The van der Waals surface area contributed by atoms with E-state index >= 15 is 0 Å². The lowest BCUT2D eigenvalue weighted by Crippen LogP contribution is -2.12. The third-order valence-corrected chi connectivity index (χ3v) is 3.97. The molecule has 0 bridgehead atoms. The molecule has 2 aromatic carbocycles. The van der Waals surface area contributed by atoms with E-state index in [1.165, 1.54) is 0 Å². The van der Waals surface area contributed by atoms with E-state index in [-0.39, 0.29) is 0 Å². The molecular weight excluding hydrogens is 280 g/mol. The maximum atomic E-state index is 11.4. The fourth-order valence-electron chi connectivity index (χ4n) is 1.61. The number of halogens is 1. The first-order valence-corrected chi connectivity index (χ1v) is 6.99. The second kappa shape index (κ2) is 5.99. The number of hydrogen-bond acceptors (Lipinski definition) is 3. The molecule has 0 saturated heterocycles.